The van der Waals surface area contributed by atoms with E-state index in [1.165, 1.54) is 38.5 Å². The second kappa shape index (κ2) is 7.72. The first-order valence-corrected chi connectivity index (χ1v) is 6.22. The maximum absolute atomic E-state index is 10.8. The molecule has 0 aromatic carbocycles. The van der Waals surface area contributed by atoms with Crippen molar-refractivity contribution in [2.24, 2.45) is 5.41 Å². The van der Waals surface area contributed by atoms with Gasteiger partial charge in [-0.15, -0.1) is 0 Å². The lowest BCUT2D eigenvalue weighted by atomic mass is 9.86. The van der Waals surface area contributed by atoms with Gasteiger partial charge in [-0.1, -0.05) is 52.9 Å². The Hall–Kier alpha value is -0.530. The molecule has 1 amide bonds. The number of hydrogen-bond acceptors (Lipinski definition) is 1. The Morgan fingerprint density at radius 1 is 1.13 bits per heavy atom. The normalized spacial score (nSPS) is 11.5. The molecule has 0 aliphatic rings. The van der Waals surface area contributed by atoms with Crippen LogP contribution in [-0.2, 0) is 4.79 Å². The van der Waals surface area contributed by atoms with Crippen LogP contribution < -0.4 is 5.32 Å². The summed E-state index contributed by atoms with van der Waals surface area (Å²) in [5.74, 6) is 0.0778. The molecule has 0 saturated carbocycles. The second-order valence-electron chi connectivity index (χ2n) is 5.24. The summed E-state index contributed by atoms with van der Waals surface area (Å²) in [5.41, 5.74) is 0.248. The zero-order chi connectivity index (χ0) is 11.7. The number of nitrogens with one attached hydrogen (secondary N) is 1. The van der Waals surface area contributed by atoms with Crippen LogP contribution in [0.2, 0.25) is 0 Å². The second-order valence-corrected chi connectivity index (χ2v) is 5.24. The highest BCUT2D eigenvalue weighted by molar-refractivity contribution is 5.72. The van der Waals surface area contributed by atoms with E-state index in [0.717, 1.165) is 6.54 Å². The molecule has 0 aliphatic carbocycles. The van der Waals surface area contributed by atoms with Gasteiger partial charge in [0, 0.05) is 13.5 Å². The van der Waals surface area contributed by atoms with E-state index in [-0.39, 0.29) is 11.3 Å². The minimum absolute atomic E-state index is 0.0778. The maximum atomic E-state index is 10.8. The molecule has 0 rings (SSSR count). The van der Waals surface area contributed by atoms with Crippen molar-refractivity contribution in [1.29, 1.82) is 0 Å². The van der Waals surface area contributed by atoms with E-state index < -0.39 is 0 Å². The van der Waals surface area contributed by atoms with Gasteiger partial charge in [0.1, 0.15) is 0 Å². The number of carbonyl (C=O) groups excluding carboxylic acids is 1. The highest BCUT2D eigenvalue weighted by Crippen LogP contribution is 2.22. The van der Waals surface area contributed by atoms with Crippen LogP contribution in [0.4, 0.5) is 0 Å². The zero-order valence-electron chi connectivity index (χ0n) is 10.9. The van der Waals surface area contributed by atoms with Gasteiger partial charge in [-0.25, -0.2) is 0 Å². The summed E-state index contributed by atoms with van der Waals surface area (Å²) >= 11 is 0. The highest BCUT2D eigenvalue weighted by atomic mass is 16.1. The van der Waals surface area contributed by atoms with Crippen molar-refractivity contribution in [1.82, 2.24) is 5.32 Å². The smallest absolute Gasteiger partial charge is 0.216 e. The van der Waals surface area contributed by atoms with Gasteiger partial charge < -0.3 is 5.32 Å². The minimum atomic E-state index is 0.0778. The molecule has 1 N–H and O–H groups in total. The van der Waals surface area contributed by atoms with Crippen LogP contribution in [0, 0.1) is 5.41 Å². The number of carbonyl (C=O) groups is 1. The molecular formula is C13H27NO. The number of hydrogen-bond donors (Lipinski definition) is 1. The van der Waals surface area contributed by atoms with E-state index in [1.807, 2.05) is 0 Å². The van der Waals surface area contributed by atoms with Gasteiger partial charge in [-0.3, -0.25) is 4.79 Å². The Morgan fingerprint density at radius 3 is 2.27 bits per heavy atom. The quantitative estimate of drug-likeness (QED) is 0.614. The summed E-state index contributed by atoms with van der Waals surface area (Å²) in [6, 6.07) is 0. The average Bonchev–Trinajstić information content (AvgIpc) is 2.15. The minimum Gasteiger partial charge on any atom is -0.356 e. The van der Waals surface area contributed by atoms with Crippen LogP contribution in [-0.4, -0.2) is 12.5 Å². The van der Waals surface area contributed by atoms with Gasteiger partial charge in [0.2, 0.25) is 5.91 Å². The lowest BCUT2D eigenvalue weighted by Gasteiger charge is -2.24. The van der Waals surface area contributed by atoms with Gasteiger partial charge in [-0.05, 0) is 11.8 Å². The number of amides is 1. The van der Waals surface area contributed by atoms with Gasteiger partial charge in [0.05, 0.1) is 0 Å². The first-order chi connectivity index (χ1) is 6.98. The predicted molar refractivity (Wildman–Crippen MR) is 65.8 cm³/mol. The van der Waals surface area contributed by atoms with E-state index in [1.54, 1.807) is 6.92 Å². The lowest BCUT2D eigenvalue weighted by molar-refractivity contribution is -0.119. The molecule has 0 unspecified atom stereocenters. The zero-order valence-corrected chi connectivity index (χ0v) is 10.9. The number of rotatable bonds is 8. The van der Waals surface area contributed by atoms with Crippen molar-refractivity contribution in [3.8, 4) is 0 Å². The van der Waals surface area contributed by atoms with E-state index in [4.69, 9.17) is 0 Å². The van der Waals surface area contributed by atoms with Gasteiger partial charge in [0.15, 0.2) is 0 Å². The van der Waals surface area contributed by atoms with Crippen molar-refractivity contribution in [2.45, 2.75) is 66.2 Å². The molecule has 0 aliphatic heterocycles. The summed E-state index contributed by atoms with van der Waals surface area (Å²) < 4.78 is 0. The van der Waals surface area contributed by atoms with Crippen LogP contribution in [0.1, 0.15) is 66.2 Å². The summed E-state index contributed by atoms with van der Waals surface area (Å²) in [6.45, 7) is 9.07. The summed E-state index contributed by atoms with van der Waals surface area (Å²) in [4.78, 5) is 10.8. The summed E-state index contributed by atoms with van der Waals surface area (Å²) in [5, 5.41) is 2.90. The lowest BCUT2D eigenvalue weighted by Crippen LogP contribution is -2.32. The van der Waals surface area contributed by atoms with E-state index in [0.29, 0.717) is 0 Å². The van der Waals surface area contributed by atoms with E-state index in [9.17, 15) is 4.79 Å². The third-order valence-corrected chi connectivity index (χ3v) is 2.77. The molecule has 15 heavy (non-hydrogen) atoms. The topological polar surface area (TPSA) is 29.1 Å². The van der Waals surface area contributed by atoms with Gasteiger partial charge in [-0.2, -0.15) is 0 Å². The fourth-order valence-electron chi connectivity index (χ4n) is 1.66. The van der Waals surface area contributed by atoms with Crippen molar-refractivity contribution in [3.63, 3.8) is 0 Å². The molecule has 2 heteroatoms. The molecular weight excluding hydrogens is 186 g/mol. The maximum Gasteiger partial charge on any atom is 0.216 e. The molecule has 0 saturated heterocycles. The Kier molecular flexibility index (Phi) is 7.45. The van der Waals surface area contributed by atoms with Crippen molar-refractivity contribution >= 4 is 5.91 Å². The molecule has 0 atom stereocenters. The SMILES string of the molecule is CCCCCCCC(C)(C)CNC(C)=O. The average molecular weight is 213 g/mol. The molecule has 0 fully saturated rings. The molecule has 0 heterocycles. The van der Waals surface area contributed by atoms with Crippen molar-refractivity contribution < 1.29 is 4.79 Å². The first kappa shape index (κ1) is 14.5. The van der Waals surface area contributed by atoms with Crippen molar-refractivity contribution in [2.75, 3.05) is 6.54 Å². The van der Waals surface area contributed by atoms with E-state index >= 15 is 0 Å². The van der Waals surface area contributed by atoms with Gasteiger partial charge in [0.25, 0.3) is 0 Å². The van der Waals surface area contributed by atoms with Crippen LogP contribution in [0.5, 0.6) is 0 Å². The van der Waals surface area contributed by atoms with Gasteiger partial charge >= 0.3 is 0 Å². The van der Waals surface area contributed by atoms with Crippen molar-refractivity contribution in [3.05, 3.63) is 0 Å². The monoisotopic (exact) mass is 213 g/mol. The third-order valence-electron chi connectivity index (χ3n) is 2.77. The molecule has 2 nitrogen and oxygen atoms in total. The molecule has 0 aromatic heterocycles. The highest BCUT2D eigenvalue weighted by Gasteiger charge is 2.17. The Labute approximate surface area is 94.8 Å². The largest absolute Gasteiger partial charge is 0.356 e. The summed E-state index contributed by atoms with van der Waals surface area (Å²) in [7, 11) is 0. The first-order valence-electron chi connectivity index (χ1n) is 6.22. The fourth-order valence-corrected chi connectivity index (χ4v) is 1.66. The van der Waals surface area contributed by atoms with E-state index in [2.05, 4.69) is 26.1 Å². The molecule has 90 valence electrons. The van der Waals surface area contributed by atoms with Crippen LogP contribution >= 0.6 is 0 Å². The Morgan fingerprint density at radius 2 is 1.73 bits per heavy atom. The molecule has 0 bridgehead atoms. The molecule has 0 radical (unpaired) electrons. The van der Waals surface area contributed by atoms with Crippen LogP contribution in [0.3, 0.4) is 0 Å². The summed E-state index contributed by atoms with van der Waals surface area (Å²) in [6.07, 6.45) is 7.83. The molecule has 0 spiro atoms. The standard InChI is InChI=1S/C13H27NO/c1-5-6-7-8-9-10-13(3,4)11-14-12(2)15/h5-11H2,1-4H3,(H,14,15). The molecule has 0 aromatic rings. The third kappa shape index (κ3) is 9.77. The van der Waals surface area contributed by atoms with Crippen LogP contribution in [0.25, 0.3) is 0 Å². The Balaban J connectivity index is 3.50. The predicted octanol–water partition coefficient (Wildman–Crippen LogP) is 3.51. The number of unbranched alkanes of at least 4 members (excludes halogenated alkanes) is 4. The Bertz CT molecular complexity index is 175. The van der Waals surface area contributed by atoms with Crippen LogP contribution in [0.15, 0.2) is 0 Å². The fraction of sp³-hybridized carbons (Fsp3) is 0.923.